The smallest absolute Gasteiger partial charge is 0.407 e. The number of carbonyl (C=O) groups excluding carboxylic acids is 3. The number of ether oxygens (including phenoxy) is 7. The quantitative estimate of drug-likeness (QED) is 0.180. The molecule has 11 heteroatoms. The number of benzene rings is 1. The van der Waals surface area contributed by atoms with Crippen LogP contribution in [0.15, 0.2) is 36.9 Å². The highest BCUT2D eigenvalue weighted by atomic mass is 16.7. The van der Waals surface area contributed by atoms with Gasteiger partial charge in [-0.2, -0.15) is 0 Å². The van der Waals surface area contributed by atoms with Crippen LogP contribution in [0.5, 0.6) is 11.5 Å². The van der Waals surface area contributed by atoms with Gasteiger partial charge in [-0.3, -0.25) is 9.59 Å². The first-order chi connectivity index (χ1) is 18.6. The van der Waals surface area contributed by atoms with E-state index in [1.54, 1.807) is 52.1 Å². The Kier molecular flexibility index (Phi) is 10.7. The summed E-state index contributed by atoms with van der Waals surface area (Å²) in [6.45, 7) is 9.33. The summed E-state index contributed by atoms with van der Waals surface area (Å²) in [7, 11) is 1.58. The molecule has 2 fully saturated rings. The van der Waals surface area contributed by atoms with E-state index in [4.69, 9.17) is 33.2 Å². The number of hydrogen-bond acceptors (Lipinski definition) is 10. The fourth-order valence-electron chi connectivity index (χ4n) is 4.58. The van der Waals surface area contributed by atoms with E-state index in [1.807, 2.05) is 0 Å². The number of rotatable bonds is 12. The average Bonchev–Trinajstić information content (AvgIpc) is 3.37. The third-order valence-corrected chi connectivity index (χ3v) is 6.60. The van der Waals surface area contributed by atoms with Crippen molar-refractivity contribution in [2.24, 2.45) is 17.3 Å². The minimum Gasteiger partial charge on any atom is -0.497 e. The Bertz CT molecular complexity index is 981. The molecule has 0 radical (unpaired) electrons. The van der Waals surface area contributed by atoms with Gasteiger partial charge in [-0.25, -0.2) is 4.79 Å². The van der Waals surface area contributed by atoms with E-state index in [9.17, 15) is 14.4 Å². The molecule has 216 valence electrons. The number of alkyl carbamates (subject to hydrolysis) is 1. The van der Waals surface area contributed by atoms with E-state index >= 15 is 0 Å². The van der Waals surface area contributed by atoms with E-state index in [0.29, 0.717) is 17.9 Å². The minimum atomic E-state index is -1.38. The highest BCUT2D eigenvalue weighted by molar-refractivity contribution is 5.84. The second-order valence-corrected chi connectivity index (χ2v) is 10.4. The lowest BCUT2D eigenvalue weighted by molar-refractivity contribution is -0.216. The lowest BCUT2D eigenvalue weighted by Crippen LogP contribution is -2.65. The average molecular weight is 550 g/mol. The number of hydrogen-bond donors (Lipinski definition) is 1. The first kappa shape index (κ1) is 30.4. The summed E-state index contributed by atoms with van der Waals surface area (Å²) in [5.41, 5.74) is -0.750. The highest BCUT2D eigenvalue weighted by Crippen LogP contribution is 2.42. The number of ketones is 1. The summed E-state index contributed by atoms with van der Waals surface area (Å²) >= 11 is 0. The summed E-state index contributed by atoms with van der Waals surface area (Å²) in [5, 5.41) is 2.80. The number of esters is 1. The van der Waals surface area contributed by atoms with Gasteiger partial charge in [-0.15, -0.1) is 0 Å². The van der Waals surface area contributed by atoms with Gasteiger partial charge in [0.15, 0.2) is 12.6 Å². The van der Waals surface area contributed by atoms with Crippen molar-refractivity contribution in [2.45, 2.75) is 45.4 Å². The standard InChI is InChI=1S/C28H39NO10/c1-6-12-35-26(32)29-24-22(17-36-25(31)27(2,3)4)21(23(30)16-28(24)38-14-15-39-28)11-13-34-18-37-20-9-7-19(33-5)8-10-20/h6-10,21-22,24H,1,11-18H2,2-5H3,(H,29,32)/t21-,22+,24-/m1/s1. The zero-order valence-corrected chi connectivity index (χ0v) is 23.1. The van der Waals surface area contributed by atoms with Gasteiger partial charge in [0.1, 0.15) is 23.9 Å². The molecule has 1 aromatic carbocycles. The van der Waals surface area contributed by atoms with Crippen molar-refractivity contribution in [2.75, 3.05) is 46.9 Å². The molecule has 1 spiro atoms. The van der Waals surface area contributed by atoms with Crippen molar-refractivity contribution in [3.63, 3.8) is 0 Å². The van der Waals surface area contributed by atoms with Gasteiger partial charge in [-0.1, -0.05) is 12.7 Å². The van der Waals surface area contributed by atoms with Gasteiger partial charge in [0, 0.05) is 11.8 Å². The van der Waals surface area contributed by atoms with Crippen molar-refractivity contribution in [3.05, 3.63) is 36.9 Å². The molecule has 3 atom stereocenters. The number of amides is 1. The van der Waals surface area contributed by atoms with Gasteiger partial charge in [0.2, 0.25) is 0 Å². The predicted molar refractivity (Wildman–Crippen MR) is 139 cm³/mol. The van der Waals surface area contributed by atoms with Crippen molar-refractivity contribution < 1.29 is 47.5 Å². The molecular weight excluding hydrogens is 510 g/mol. The molecule has 39 heavy (non-hydrogen) atoms. The number of methoxy groups -OCH3 is 1. The van der Waals surface area contributed by atoms with Crippen molar-refractivity contribution in [3.8, 4) is 11.5 Å². The Morgan fingerprint density at radius 2 is 1.79 bits per heavy atom. The van der Waals surface area contributed by atoms with Crippen LogP contribution < -0.4 is 14.8 Å². The third kappa shape index (κ3) is 8.17. The largest absolute Gasteiger partial charge is 0.497 e. The van der Waals surface area contributed by atoms with E-state index < -0.39 is 41.1 Å². The van der Waals surface area contributed by atoms with Gasteiger partial charge >= 0.3 is 12.1 Å². The molecule has 1 amide bonds. The third-order valence-electron chi connectivity index (χ3n) is 6.60. The Morgan fingerprint density at radius 1 is 1.13 bits per heavy atom. The SMILES string of the molecule is C=CCOC(=O)N[C@@H]1[C@@H](COC(=O)C(C)(C)C)[C@@H](CCOCOc2ccc(OC)cc2)C(=O)CC12OCCO2. The summed E-state index contributed by atoms with van der Waals surface area (Å²) in [5.74, 6) is -1.89. The van der Waals surface area contributed by atoms with Crippen LogP contribution in [0, 0.1) is 17.3 Å². The molecule has 2 aliphatic rings. The van der Waals surface area contributed by atoms with E-state index in [1.165, 1.54) is 6.08 Å². The van der Waals surface area contributed by atoms with E-state index in [-0.39, 0.29) is 52.0 Å². The monoisotopic (exact) mass is 549 g/mol. The topological polar surface area (TPSA) is 128 Å². The van der Waals surface area contributed by atoms with Crippen molar-refractivity contribution >= 4 is 17.8 Å². The van der Waals surface area contributed by atoms with Crippen molar-refractivity contribution in [1.82, 2.24) is 5.32 Å². The maximum atomic E-state index is 13.4. The maximum Gasteiger partial charge on any atom is 0.407 e. The summed E-state index contributed by atoms with van der Waals surface area (Å²) in [4.78, 5) is 38.6. The zero-order chi connectivity index (χ0) is 28.5. The van der Waals surface area contributed by atoms with Gasteiger partial charge in [0.05, 0.1) is 51.4 Å². The molecule has 1 N–H and O–H groups in total. The van der Waals surface area contributed by atoms with Crippen molar-refractivity contribution in [1.29, 1.82) is 0 Å². The fourth-order valence-corrected chi connectivity index (χ4v) is 4.58. The normalized spacial score (nSPS) is 22.3. The first-order valence-electron chi connectivity index (χ1n) is 13.0. The fraction of sp³-hybridized carbons (Fsp3) is 0.607. The van der Waals surface area contributed by atoms with E-state index in [2.05, 4.69) is 11.9 Å². The summed E-state index contributed by atoms with van der Waals surface area (Å²) in [6.07, 6.45) is 0.955. The second-order valence-electron chi connectivity index (χ2n) is 10.4. The van der Waals surface area contributed by atoms with Crippen LogP contribution in [0.3, 0.4) is 0 Å². The minimum absolute atomic E-state index is 0.00133. The van der Waals surface area contributed by atoms with Crippen LogP contribution in [0.1, 0.15) is 33.6 Å². The van der Waals surface area contributed by atoms with Gasteiger partial charge < -0.3 is 38.5 Å². The van der Waals surface area contributed by atoms with Crippen LogP contribution in [0.4, 0.5) is 4.79 Å². The molecule has 1 saturated carbocycles. The molecule has 3 rings (SSSR count). The number of carbonyl (C=O) groups is 3. The number of Topliss-reactive ketones (excluding diaryl/α,β-unsaturated/α-hetero) is 1. The van der Waals surface area contributed by atoms with Gasteiger partial charge in [-0.05, 0) is 51.5 Å². The Morgan fingerprint density at radius 3 is 2.41 bits per heavy atom. The Hall–Kier alpha value is -3.15. The molecule has 0 bridgehead atoms. The molecule has 1 saturated heterocycles. The molecule has 1 aliphatic carbocycles. The molecular formula is C28H39NO10. The van der Waals surface area contributed by atoms with E-state index in [0.717, 1.165) is 0 Å². The first-order valence-corrected chi connectivity index (χ1v) is 13.0. The van der Waals surface area contributed by atoms with Crippen LogP contribution >= 0.6 is 0 Å². The molecule has 1 heterocycles. The maximum absolute atomic E-state index is 13.4. The van der Waals surface area contributed by atoms with Crippen LogP contribution in [0.25, 0.3) is 0 Å². The lowest BCUT2D eigenvalue weighted by Gasteiger charge is -2.46. The second kappa shape index (κ2) is 13.8. The highest BCUT2D eigenvalue weighted by Gasteiger charge is 2.57. The molecule has 1 aliphatic heterocycles. The number of nitrogens with one attached hydrogen (secondary N) is 1. The summed E-state index contributed by atoms with van der Waals surface area (Å²) in [6, 6.07) is 6.25. The zero-order valence-electron chi connectivity index (χ0n) is 23.1. The molecule has 0 aromatic heterocycles. The lowest BCUT2D eigenvalue weighted by atomic mass is 9.70. The molecule has 1 aromatic rings. The Balaban J connectivity index is 1.72. The predicted octanol–water partition coefficient (Wildman–Crippen LogP) is 3.26. The van der Waals surface area contributed by atoms with Gasteiger partial charge in [0.25, 0.3) is 0 Å². The van der Waals surface area contributed by atoms with Crippen LogP contribution in [-0.4, -0.2) is 76.6 Å². The van der Waals surface area contributed by atoms with Crippen LogP contribution in [-0.2, 0) is 33.3 Å². The Labute approximate surface area is 229 Å². The molecule has 11 nitrogen and oxygen atoms in total. The molecule has 0 unspecified atom stereocenters. The summed E-state index contributed by atoms with van der Waals surface area (Å²) < 4.78 is 39.0. The van der Waals surface area contributed by atoms with Crippen LogP contribution in [0.2, 0.25) is 0 Å².